The fourth-order valence-corrected chi connectivity index (χ4v) is 4.33. The quantitative estimate of drug-likeness (QED) is 0.360. The highest BCUT2D eigenvalue weighted by Gasteiger charge is 2.22. The lowest BCUT2D eigenvalue weighted by atomic mass is 9.91. The summed E-state index contributed by atoms with van der Waals surface area (Å²) in [7, 11) is -2.50. The molecule has 35 heavy (non-hydrogen) atoms. The Morgan fingerprint density at radius 3 is 1.80 bits per heavy atom. The van der Waals surface area contributed by atoms with Crippen molar-refractivity contribution in [3.8, 4) is 11.5 Å². The van der Waals surface area contributed by atoms with E-state index >= 15 is 0 Å². The summed E-state index contributed by atoms with van der Waals surface area (Å²) in [5.41, 5.74) is 1.44. The van der Waals surface area contributed by atoms with Crippen molar-refractivity contribution in [3.05, 3.63) is 89.7 Å². The lowest BCUT2D eigenvalue weighted by Gasteiger charge is -2.27. The van der Waals surface area contributed by atoms with E-state index < -0.39 is 10.1 Å². The van der Waals surface area contributed by atoms with E-state index in [0.29, 0.717) is 25.3 Å². The molecule has 8 heteroatoms. The van der Waals surface area contributed by atoms with Crippen LogP contribution in [0.2, 0.25) is 0 Å². The van der Waals surface area contributed by atoms with E-state index in [1.54, 1.807) is 53.4 Å². The van der Waals surface area contributed by atoms with Crippen LogP contribution in [0.25, 0.3) is 0 Å². The number of rotatable bonds is 9. The van der Waals surface area contributed by atoms with Crippen molar-refractivity contribution in [1.82, 2.24) is 4.90 Å². The number of benzene rings is 3. The Balaban J connectivity index is 1.74. The molecule has 0 aliphatic rings. The average molecular weight is 500 g/mol. The van der Waals surface area contributed by atoms with Crippen LogP contribution < -0.4 is 8.92 Å². The maximum absolute atomic E-state index is 13.3. The first-order chi connectivity index (χ1) is 16.4. The Morgan fingerprint density at radius 1 is 0.829 bits per heavy atom. The summed E-state index contributed by atoms with van der Waals surface area (Å²) in [6.45, 7) is 6.64. The van der Waals surface area contributed by atoms with Crippen molar-refractivity contribution < 1.29 is 26.5 Å². The van der Waals surface area contributed by atoms with Crippen LogP contribution in [0, 0.1) is 11.2 Å². The number of hydrogen-bond donors (Lipinski definition) is 0. The number of carbonyl (C=O) groups excluding carboxylic acids is 1. The topological polar surface area (TPSA) is 72.9 Å². The molecule has 0 heterocycles. The highest BCUT2D eigenvalue weighted by molar-refractivity contribution is 7.87. The summed E-state index contributed by atoms with van der Waals surface area (Å²) in [5.74, 6) is 0.348. The third-order valence-corrected chi connectivity index (χ3v) is 6.43. The van der Waals surface area contributed by atoms with E-state index in [2.05, 4.69) is 0 Å². The third kappa shape index (κ3) is 7.82. The maximum atomic E-state index is 13.3. The third-order valence-electron chi connectivity index (χ3n) is 5.17. The minimum Gasteiger partial charge on any atom is -0.497 e. The van der Waals surface area contributed by atoms with Gasteiger partial charge in [0.05, 0.1) is 7.11 Å². The van der Waals surface area contributed by atoms with Gasteiger partial charge in [-0.2, -0.15) is 8.42 Å². The van der Waals surface area contributed by atoms with Crippen LogP contribution in [0.3, 0.4) is 0 Å². The maximum Gasteiger partial charge on any atom is 0.339 e. The molecular formula is C27H30FNO5S. The second-order valence-corrected chi connectivity index (χ2v) is 11.0. The van der Waals surface area contributed by atoms with Gasteiger partial charge in [0.25, 0.3) is 0 Å². The van der Waals surface area contributed by atoms with Crippen LogP contribution >= 0.6 is 0 Å². The van der Waals surface area contributed by atoms with Gasteiger partial charge in [0, 0.05) is 19.5 Å². The molecule has 0 fully saturated rings. The second-order valence-electron chi connectivity index (χ2n) is 9.47. The SMILES string of the molecule is COc1ccc(S(=O)(=O)Oc2ccc(CN(Cc3ccc(F)cc3)C(=O)CC(C)(C)C)cc2)cc1. The van der Waals surface area contributed by atoms with Gasteiger partial charge in [-0.15, -0.1) is 0 Å². The molecule has 0 radical (unpaired) electrons. The molecule has 0 unspecified atom stereocenters. The predicted molar refractivity (Wildman–Crippen MR) is 132 cm³/mol. The van der Waals surface area contributed by atoms with Gasteiger partial charge in [0.2, 0.25) is 5.91 Å². The molecule has 0 saturated carbocycles. The van der Waals surface area contributed by atoms with Crippen molar-refractivity contribution in [2.75, 3.05) is 7.11 Å². The zero-order valence-electron chi connectivity index (χ0n) is 20.3. The number of methoxy groups -OCH3 is 1. The minimum absolute atomic E-state index is 0.0145. The fraction of sp³-hybridized carbons (Fsp3) is 0.296. The van der Waals surface area contributed by atoms with Crippen LogP contribution in [-0.4, -0.2) is 26.3 Å². The predicted octanol–water partition coefficient (Wildman–Crippen LogP) is 5.57. The van der Waals surface area contributed by atoms with Gasteiger partial charge >= 0.3 is 10.1 Å². The second kappa shape index (κ2) is 10.9. The Hall–Kier alpha value is -3.39. The Morgan fingerprint density at radius 2 is 1.31 bits per heavy atom. The smallest absolute Gasteiger partial charge is 0.339 e. The zero-order valence-corrected chi connectivity index (χ0v) is 21.1. The Kier molecular flexibility index (Phi) is 8.17. The van der Waals surface area contributed by atoms with Crippen LogP contribution in [0.15, 0.2) is 77.7 Å². The minimum atomic E-state index is -4.00. The Bertz CT molecular complexity index is 1230. The average Bonchev–Trinajstić information content (AvgIpc) is 2.80. The van der Waals surface area contributed by atoms with E-state index in [-0.39, 0.29) is 27.8 Å². The molecule has 0 saturated heterocycles. The van der Waals surface area contributed by atoms with E-state index in [0.717, 1.165) is 11.1 Å². The molecule has 3 rings (SSSR count). The summed E-state index contributed by atoms with van der Waals surface area (Å²) in [4.78, 5) is 14.8. The van der Waals surface area contributed by atoms with Crippen LogP contribution in [0.5, 0.6) is 11.5 Å². The number of carbonyl (C=O) groups is 1. The van der Waals surface area contributed by atoms with Crippen LogP contribution in [-0.2, 0) is 28.0 Å². The van der Waals surface area contributed by atoms with Gasteiger partial charge in [-0.3, -0.25) is 4.79 Å². The van der Waals surface area contributed by atoms with Gasteiger partial charge < -0.3 is 13.8 Å². The van der Waals surface area contributed by atoms with Crippen molar-refractivity contribution in [1.29, 1.82) is 0 Å². The zero-order chi connectivity index (χ0) is 25.6. The first kappa shape index (κ1) is 26.2. The molecule has 186 valence electrons. The summed E-state index contributed by atoms with van der Waals surface area (Å²) in [6.07, 6.45) is 0.357. The lowest BCUT2D eigenvalue weighted by molar-refractivity contribution is -0.134. The largest absolute Gasteiger partial charge is 0.497 e. The number of hydrogen-bond acceptors (Lipinski definition) is 5. The van der Waals surface area contributed by atoms with Crippen molar-refractivity contribution >= 4 is 16.0 Å². The van der Waals surface area contributed by atoms with Crippen LogP contribution in [0.1, 0.15) is 38.3 Å². The molecule has 0 spiro atoms. The van der Waals surface area contributed by atoms with Crippen molar-refractivity contribution in [2.24, 2.45) is 5.41 Å². The molecule has 0 bridgehead atoms. The summed E-state index contributed by atoms with van der Waals surface area (Å²) < 4.78 is 48.8. The molecule has 0 aromatic heterocycles. The molecule has 0 aliphatic heterocycles. The summed E-state index contributed by atoms with van der Waals surface area (Å²) in [5, 5.41) is 0. The summed E-state index contributed by atoms with van der Waals surface area (Å²) in [6, 6.07) is 18.5. The molecular weight excluding hydrogens is 469 g/mol. The van der Waals surface area contributed by atoms with Gasteiger partial charge in [-0.25, -0.2) is 4.39 Å². The number of nitrogens with zero attached hydrogens (tertiary/aromatic N) is 1. The molecule has 6 nitrogen and oxygen atoms in total. The first-order valence-electron chi connectivity index (χ1n) is 11.1. The molecule has 3 aromatic carbocycles. The normalized spacial score (nSPS) is 11.7. The summed E-state index contributed by atoms with van der Waals surface area (Å²) >= 11 is 0. The van der Waals surface area contributed by atoms with Crippen molar-refractivity contribution in [2.45, 2.75) is 45.2 Å². The van der Waals surface area contributed by atoms with E-state index in [1.165, 1.54) is 31.4 Å². The van der Waals surface area contributed by atoms with Crippen LogP contribution in [0.4, 0.5) is 4.39 Å². The lowest BCUT2D eigenvalue weighted by Crippen LogP contribution is -2.32. The molecule has 3 aromatic rings. The molecule has 0 aliphatic carbocycles. The standard InChI is InChI=1S/C27H30FNO5S/c1-27(2,3)17-26(30)29(18-20-5-9-22(28)10-6-20)19-21-7-11-24(12-8-21)34-35(31,32)25-15-13-23(33-4)14-16-25/h5-16H,17-19H2,1-4H3. The van der Waals surface area contributed by atoms with Gasteiger partial charge in [0.15, 0.2) is 0 Å². The highest BCUT2D eigenvalue weighted by Crippen LogP contribution is 2.24. The van der Waals surface area contributed by atoms with E-state index in [9.17, 15) is 17.6 Å². The van der Waals surface area contributed by atoms with E-state index in [4.69, 9.17) is 8.92 Å². The molecule has 0 atom stereocenters. The fourth-order valence-electron chi connectivity index (χ4n) is 3.40. The monoisotopic (exact) mass is 499 g/mol. The van der Waals surface area contributed by atoms with Gasteiger partial charge in [-0.05, 0) is 65.1 Å². The highest BCUT2D eigenvalue weighted by atomic mass is 32.2. The van der Waals surface area contributed by atoms with E-state index in [1.807, 2.05) is 20.8 Å². The number of halogens is 1. The molecule has 1 amide bonds. The molecule has 0 N–H and O–H groups in total. The Labute approximate surface area is 206 Å². The van der Waals surface area contributed by atoms with Gasteiger partial charge in [-0.1, -0.05) is 45.0 Å². The number of ether oxygens (including phenoxy) is 1. The van der Waals surface area contributed by atoms with Gasteiger partial charge in [0.1, 0.15) is 22.2 Å². The van der Waals surface area contributed by atoms with Crippen molar-refractivity contribution in [3.63, 3.8) is 0 Å². The number of amides is 1. The first-order valence-corrected chi connectivity index (χ1v) is 12.6.